The topological polar surface area (TPSA) is 38.7 Å². The Morgan fingerprint density at radius 3 is 1.58 bits per heavy atom. The summed E-state index contributed by atoms with van der Waals surface area (Å²) in [7, 11) is 0. The molecule has 1 saturated heterocycles. The molecule has 1 fully saturated rings. The molecule has 0 aromatic carbocycles. The molecule has 1 N–H and O–H groups in total. The van der Waals surface area contributed by atoms with Crippen LogP contribution in [-0.2, 0) is 9.47 Å². The van der Waals surface area contributed by atoms with Crippen LogP contribution in [0.1, 0.15) is 110 Å². The van der Waals surface area contributed by atoms with E-state index in [0.717, 1.165) is 6.42 Å². The van der Waals surface area contributed by atoms with Gasteiger partial charge in [0.2, 0.25) is 0 Å². The van der Waals surface area contributed by atoms with Crippen molar-refractivity contribution in [1.82, 2.24) is 0 Å². The quantitative estimate of drug-likeness (QED) is 0.330. The van der Waals surface area contributed by atoms with Gasteiger partial charge in [0.05, 0.1) is 13.2 Å². The Balaban J connectivity index is 1.69. The van der Waals surface area contributed by atoms with E-state index in [1.54, 1.807) is 0 Å². The molecule has 0 aliphatic carbocycles. The fraction of sp³-hybridized carbons (Fsp3) is 1.00. The fourth-order valence-corrected chi connectivity index (χ4v) is 3.44. The SMILES string of the molecule is CCCCCCCCCCCCCCCCC[C@H]1OC[C@H](CO)O1. The molecule has 1 rings (SSSR count). The van der Waals surface area contributed by atoms with Gasteiger partial charge in [0.1, 0.15) is 6.10 Å². The fourth-order valence-electron chi connectivity index (χ4n) is 3.44. The lowest BCUT2D eigenvalue weighted by Gasteiger charge is -2.09. The first kappa shape index (κ1) is 21.9. The van der Waals surface area contributed by atoms with E-state index in [-0.39, 0.29) is 19.0 Å². The van der Waals surface area contributed by atoms with Crippen molar-refractivity contribution in [3.63, 3.8) is 0 Å². The summed E-state index contributed by atoms with van der Waals surface area (Å²) in [6, 6.07) is 0. The number of unbranched alkanes of at least 4 members (excludes halogenated alkanes) is 14. The van der Waals surface area contributed by atoms with Gasteiger partial charge in [-0.1, -0.05) is 96.8 Å². The van der Waals surface area contributed by atoms with Crippen molar-refractivity contribution in [1.29, 1.82) is 0 Å². The Bertz CT molecular complexity index is 257. The molecule has 1 heterocycles. The maximum absolute atomic E-state index is 8.98. The molecule has 0 unspecified atom stereocenters. The molecule has 1 aliphatic heterocycles. The van der Waals surface area contributed by atoms with Crippen LogP contribution in [0.15, 0.2) is 0 Å². The lowest BCUT2D eigenvalue weighted by molar-refractivity contribution is -0.0701. The molecule has 0 radical (unpaired) electrons. The van der Waals surface area contributed by atoms with E-state index in [4.69, 9.17) is 14.6 Å². The largest absolute Gasteiger partial charge is 0.394 e. The monoisotopic (exact) mass is 342 g/mol. The molecule has 2 atom stereocenters. The predicted molar refractivity (Wildman–Crippen MR) is 101 cm³/mol. The summed E-state index contributed by atoms with van der Waals surface area (Å²) in [5, 5.41) is 8.98. The Labute approximate surface area is 150 Å². The van der Waals surface area contributed by atoms with Crippen molar-refractivity contribution in [2.75, 3.05) is 13.2 Å². The van der Waals surface area contributed by atoms with Gasteiger partial charge in [0.15, 0.2) is 6.29 Å². The van der Waals surface area contributed by atoms with E-state index in [9.17, 15) is 0 Å². The number of hydrogen-bond acceptors (Lipinski definition) is 3. The molecule has 0 bridgehead atoms. The minimum Gasteiger partial charge on any atom is -0.394 e. The van der Waals surface area contributed by atoms with Crippen LogP contribution < -0.4 is 0 Å². The average Bonchev–Trinajstić information content (AvgIpc) is 3.06. The normalized spacial score (nSPS) is 20.8. The second kappa shape index (κ2) is 16.4. The van der Waals surface area contributed by atoms with Crippen molar-refractivity contribution >= 4 is 0 Å². The van der Waals surface area contributed by atoms with Gasteiger partial charge in [0, 0.05) is 0 Å². The van der Waals surface area contributed by atoms with Crippen LogP contribution in [-0.4, -0.2) is 30.7 Å². The molecule has 0 aromatic rings. The first-order valence-corrected chi connectivity index (χ1v) is 10.7. The number of rotatable bonds is 17. The van der Waals surface area contributed by atoms with E-state index in [0.29, 0.717) is 6.61 Å². The molecule has 24 heavy (non-hydrogen) atoms. The van der Waals surface area contributed by atoms with E-state index >= 15 is 0 Å². The number of hydrogen-bond donors (Lipinski definition) is 1. The minimum atomic E-state index is -0.0914. The molecule has 144 valence electrons. The summed E-state index contributed by atoms with van der Waals surface area (Å²) < 4.78 is 11.1. The van der Waals surface area contributed by atoms with Crippen molar-refractivity contribution in [3.8, 4) is 0 Å². The van der Waals surface area contributed by atoms with E-state index < -0.39 is 0 Å². The Morgan fingerprint density at radius 2 is 1.17 bits per heavy atom. The summed E-state index contributed by atoms with van der Waals surface area (Å²) in [6.45, 7) is 2.92. The zero-order valence-corrected chi connectivity index (χ0v) is 16.1. The Morgan fingerprint density at radius 1 is 0.708 bits per heavy atom. The lowest BCUT2D eigenvalue weighted by atomic mass is 10.0. The van der Waals surface area contributed by atoms with Crippen LogP contribution in [0.4, 0.5) is 0 Å². The molecular weight excluding hydrogens is 300 g/mol. The number of ether oxygens (including phenoxy) is 2. The number of aliphatic hydroxyl groups excluding tert-OH is 1. The van der Waals surface area contributed by atoms with Crippen molar-refractivity contribution in [2.24, 2.45) is 0 Å². The van der Waals surface area contributed by atoms with Crippen molar-refractivity contribution in [2.45, 2.75) is 122 Å². The maximum atomic E-state index is 8.98. The number of aliphatic hydroxyl groups is 1. The van der Waals surface area contributed by atoms with Gasteiger partial charge >= 0.3 is 0 Å². The summed E-state index contributed by atoms with van der Waals surface area (Å²) >= 11 is 0. The summed E-state index contributed by atoms with van der Waals surface area (Å²) in [5.74, 6) is 0. The van der Waals surface area contributed by atoms with Gasteiger partial charge < -0.3 is 14.6 Å². The predicted octanol–water partition coefficient (Wildman–Crippen LogP) is 5.98. The van der Waals surface area contributed by atoms with E-state index in [1.165, 1.54) is 96.3 Å². The third-order valence-electron chi connectivity index (χ3n) is 5.06. The van der Waals surface area contributed by atoms with Gasteiger partial charge in [-0.3, -0.25) is 0 Å². The van der Waals surface area contributed by atoms with Gasteiger partial charge in [-0.2, -0.15) is 0 Å². The highest BCUT2D eigenvalue weighted by atomic mass is 16.7. The second-order valence-electron chi connectivity index (χ2n) is 7.44. The van der Waals surface area contributed by atoms with Crippen LogP contribution in [0.25, 0.3) is 0 Å². The van der Waals surface area contributed by atoms with E-state index in [1.807, 2.05) is 0 Å². The van der Waals surface area contributed by atoms with Crippen LogP contribution in [0.2, 0.25) is 0 Å². The van der Waals surface area contributed by atoms with Gasteiger partial charge in [-0.25, -0.2) is 0 Å². The molecule has 0 amide bonds. The van der Waals surface area contributed by atoms with Gasteiger partial charge in [-0.15, -0.1) is 0 Å². The van der Waals surface area contributed by atoms with E-state index in [2.05, 4.69) is 6.92 Å². The standard InChI is InChI=1S/C21H42O3/c1-2-3-4-5-6-7-8-9-10-11-12-13-14-15-16-17-21-23-19-20(18-22)24-21/h20-22H,2-19H2,1H3/t20-,21-/m0/s1. The van der Waals surface area contributed by atoms with Crippen LogP contribution in [0, 0.1) is 0 Å². The highest BCUT2D eigenvalue weighted by Gasteiger charge is 2.24. The lowest BCUT2D eigenvalue weighted by Crippen LogP contribution is -2.16. The molecule has 0 saturated carbocycles. The molecule has 3 heteroatoms. The third kappa shape index (κ3) is 12.3. The highest BCUT2D eigenvalue weighted by Crippen LogP contribution is 2.18. The average molecular weight is 343 g/mol. The second-order valence-corrected chi connectivity index (χ2v) is 7.44. The summed E-state index contributed by atoms with van der Waals surface area (Å²) in [6.07, 6.45) is 21.7. The zero-order chi connectivity index (χ0) is 17.3. The molecule has 3 nitrogen and oxygen atoms in total. The highest BCUT2D eigenvalue weighted by molar-refractivity contribution is 4.64. The molecule has 1 aliphatic rings. The molecular formula is C21H42O3. The first-order valence-electron chi connectivity index (χ1n) is 10.7. The molecule has 0 aromatic heterocycles. The van der Waals surface area contributed by atoms with Crippen molar-refractivity contribution in [3.05, 3.63) is 0 Å². The zero-order valence-electron chi connectivity index (χ0n) is 16.1. The Kier molecular flexibility index (Phi) is 14.9. The third-order valence-corrected chi connectivity index (χ3v) is 5.06. The summed E-state index contributed by atoms with van der Waals surface area (Å²) in [5.41, 5.74) is 0. The first-order chi connectivity index (χ1) is 11.9. The molecule has 0 spiro atoms. The van der Waals surface area contributed by atoms with Gasteiger partial charge in [0.25, 0.3) is 0 Å². The smallest absolute Gasteiger partial charge is 0.158 e. The minimum absolute atomic E-state index is 0.0656. The van der Waals surface area contributed by atoms with Crippen molar-refractivity contribution < 1.29 is 14.6 Å². The summed E-state index contributed by atoms with van der Waals surface area (Å²) in [4.78, 5) is 0. The van der Waals surface area contributed by atoms with Crippen LogP contribution >= 0.6 is 0 Å². The van der Waals surface area contributed by atoms with Gasteiger partial charge in [-0.05, 0) is 12.8 Å². The van der Waals surface area contributed by atoms with Crippen LogP contribution in [0.3, 0.4) is 0 Å². The maximum Gasteiger partial charge on any atom is 0.158 e. The van der Waals surface area contributed by atoms with Crippen LogP contribution in [0.5, 0.6) is 0 Å². The Hall–Kier alpha value is -0.120.